The molecule has 1 atom stereocenters. The van der Waals surface area contributed by atoms with E-state index in [2.05, 4.69) is 34.3 Å². The van der Waals surface area contributed by atoms with Crippen molar-refractivity contribution in [2.75, 3.05) is 31.1 Å². The Hall–Kier alpha value is -3.87. The predicted molar refractivity (Wildman–Crippen MR) is 134 cm³/mol. The lowest BCUT2D eigenvalue weighted by atomic mass is 10.0. The summed E-state index contributed by atoms with van der Waals surface area (Å²) in [6, 6.07) is 22.4. The molecule has 7 nitrogen and oxygen atoms in total. The standard InChI is InChI=1S/C27H29N5O2/c1-19-25-23(21-10-6-4-7-11-21)18-24(28-26(25)30(3)29-19)34-20(2)27(33)32-16-14-31(15-17-32)22-12-8-5-9-13-22/h4-13,18,20H,14-17H2,1-3H3. The maximum atomic E-state index is 13.2. The van der Waals surface area contributed by atoms with Gasteiger partial charge in [0.25, 0.3) is 5.91 Å². The number of ether oxygens (including phenoxy) is 1. The summed E-state index contributed by atoms with van der Waals surface area (Å²) in [5.74, 6) is 0.412. The van der Waals surface area contributed by atoms with Crippen LogP contribution in [0.1, 0.15) is 12.6 Å². The number of nitrogens with zero attached hydrogens (tertiary/aromatic N) is 5. The average Bonchev–Trinajstić information content (AvgIpc) is 3.17. The fourth-order valence-corrected chi connectivity index (χ4v) is 4.64. The van der Waals surface area contributed by atoms with Crippen LogP contribution in [-0.2, 0) is 11.8 Å². The number of carbonyl (C=O) groups excluding carboxylic acids is 1. The molecule has 3 heterocycles. The van der Waals surface area contributed by atoms with Gasteiger partial charge in [-0.05, 0) is 37.1 Å². The van der Waals surface area contributed by atoms with Crippen molar-refractivity contribution in [3.63, 3.8) is 0 Å². The topological polar surface area (TPSA) is 63.5 Å². The Balaban J connectivity index is 1.34. The Labute approximate surface area is 199 Å². The number of benzene rings is 2. The van der Waals surface area contributed by atoms with E-state index in [-0.39, 0.29) is 5.91 Å². The van der Waals surface area contributed by atoms with E-state index in [1.807, 2.05) is 61.3 Å². The number of fused-ring (bicyclic) bond motifs is 1. The summed E-state index contributed by atoms with van der Waals surface area (Å²) in [4.78, 5) is 22.1. The van der Waals surface area contributed by atoms with Crippen molar-refractivity contribution in [1.29, 1.82) is 0 Å². The number of para-hydroxylation sites is 1. The number of pyridine rings is 1. The highest BCUT2D eigenvalue weighted by Gasteiger charge is 2.27. The molecule has 1 fully saturated rings. The van der Waals surface area contributed by atoms with Crippen LogP contribution in [0.25, 0.3) is 22.2 Å². The van der Waals surface area contributed by atoms with Crippen LogP contribution in [-0.4, -0.2) is 57.9 Å². The molecule has 1 unspecified atom stereocenters. The maximum absolute atomic E-state index is 13.2. The second kappa shape index (κ2) is 9.17. The summed E-state index contributed by atoms with van der Waals surface area (Å²) in [5, 5.41) is 5.55. The van der Waals surface area contributed by atoms with Crippen molar-refractivity contribution in [1.82, 2.24) is 19.7 Å². The molecule has 4 aromatic rings. The molecule has 0 spiro atoms. The summed E-state index contributed by atoms with van der Waals surface area (Å²) in [7, 11) is 1.88. The van der Waals surface area contributed by atoms with E-state index in [4.69, 9.17) is 9.72 Å². The number of rotatable bonds is 5. The Kier molecular flexibility index (Phi) is 5.92. The fourth-order valence-electron chi connectivity index (χ4n) is 4.64. The van der Waals surface area contributed by atoms with Crippen molar-refractivity contribution < 1.29 is 9.53 Å². The van der Waals surface area contributed by atoms with E-state index in [9.17, 15) is 4.79 Å². The van der Waals surface area contributed by atoms with Crippen molar-refractivity contribution >= 4 is 22.6 Å². The highest BCUT2D eigenvalue weighted by molar-refractivity contribution is 5.95. The van der Waals surface area contributed by atoms with Gasteiger partial charge in [0, 0.05) is 45.0 Å². The van der Waals surface area contributed by atoms with E-state index in [1.165, 1.54) is 5.69 Å². The smallest absolute Gasteiger partial charge is 0.263 e. The van der Waals surface area contributed by atoms with Gasteiger partial charge in [-0.3, -0.25) is 9.48 Å². The van der Waals surface area contributed by atoms with Crippen molar-refractivity contribution in [3.8, 4) is 17.0 Å². The summed E-state index contributed by atoms with van der Waals surface area (Å²) >= 11 is 0. The van der Waals surface area contributed by atoms with E-state index in [0.29, 0.717) is 19.0 Å². The van der Waals surface area contributed by atoms with Gasteiger partial charge in [0.15, 0.2) is 11.8 Å². The molecule has 5 rings (SSSR count). The summed E-state index contributed by atoms with van der Waals surface area (Å²) in [5.41, 5.74) is 4.91. The van der Waals surface area contributed by atoms with Crippen molar-refractivity contribution in [2.45, 2.75) is 20.0 Å². The summed E-state index contributed by atoms with van der Waals surface area (Å²) in [6.07, 6.45) is -0.633. The van der Waals surface area contributed by atoms with E-state index in [1.54, 1.807) is 11.6 Å². The lowest BCUT2D eigenvalue weighted by molar-refractivity contribution is -0.138. The Bertz CT molecular complexity index is 1300. The zero-order valence-electron chi connectivity index (χ0n) is 19.8. The van der Waals surface area contributed by atoms with Crippen LogP contribution in [0.2, 0.25) is 0 Å². The quantitative estimate of drug-likeness (QED) is 0.454. The molecule has 0 aliphatic carbocycles. The molecule has 2 aromatic carbocycles. The molecule has 1 aliphatic rings. The zero-order valence-corrected chi connectivity index (χ0v) is 19.8. The molecule has 0 radical (unpaired) electrons. The van der Waals surface area contributed by atoms with Gasteiger partial charge < -0.3 is 14.5 Å². The molecule has 34 heavy (non-hydrogen) atoms. The highest BCUT2D eigenvalue weighted by atomic mass is 16.5. The minimum absolute atomic E-state index is 0.0166. The second-order valence-electron chi connectivity index (χ2n) is 8.69. The van der Waals surface area contributed by atoms with Crippen LogP contribution < -0.4 is 9.64 Å². The number of hydrogen-bond acceptors (Lipinski definition) is 5. The van der Waals surface area contributed by atoms with Gasteiger partial charge in [0.2, 0.25) is 5.88 Å². The monoisotopic (exact) mass is 455 g/mol. The van der Waals surface area contributed by atoms with Crippen LogP contribution in [0.4, 0.5) is 5.69 Å². The third kappa shape index (κ3) is 4.21. The van der Waals surface area contributed by atoms with Crippen molar-refractivity contribution in [2.24, 2.45) is 7.05 Å². The first kappa shape index (κ1) is 21.9. The Morgan fingerprint density at radius 1 is 0.971 bits per heavy atom. The number of hydrogen-bond donors (Lipinski definition) is 0. The van der Waals surface area contributed by atoms with Crippen molar-refractivity contribution in [3.05, 3.63) is 72.4 Å². The number of carbonyl (C=O) groups is 1. The van der Waals surface area contributed by atoms with Gasteiger partial charge in [0.1, 0.15) is 0 Å². The molecule has 1 aliphatic heterocycles. The number of aromatic nitrogens is 3. The SMILES string of the molecule is Cc1nn(C)c2nc(OC(C)C(=O)N3CCN(c4ccccc4)CC3)cc(-c3ccccc3)c12. The molecule has 1 saturated heterocycles. The number of anilines is 1. The first-order chi connectivity index (χ1) is 16.5. The lowest BCUT2D eigenvalue weighted by Crippen LogP contribution is -2.52. The van der Waals surface area contributed by atoms with Crippen LogP contribution in [0.3, 0.4) is 0 Å². The van der Waals surface area contributed by atoms with Crippen LogP contribution in [0.15, 0.2) is 66.7 Å². The third-order valence-corrected chi connectivity index (χ3v) is 6.39. The van der Waals surface area contributed by atoms with Gasteiger partial charge in [-0.25, -0.2) is 0 Å². The van der Waals surface area contributed by atoms with Crippen LogP contribution >= 0.6 is 0 Å². The minimum atomic E-state index is -0.633. The van der Waals surface area contributed by atoms with E-state index < -0.39 is 6.10 Å². The summed E-state index contributed by atoms with van der Waals surface area (Å²) < 4.78 is 7.88. The van der Waals surface area contributed by atoms with Crippen LogP contribution in [0.5, 0.6) is 5.88 Å². The highest BCUT2D eigenvalue weighted by Crippen LogP contribution is 2.33. The van der Waals surface area contributed by atoms with Gasteiger partial charge in [0.05, 0.1) is 11.1 Å². The molecular weight excluding hydrogens is 426 g/mol. The average molecular weight is 456 g/mol. The molecule has 0 N–H and O–H groups in total. The predicted octanol–water partition coefficient (Wildman–Crippen LogP) is 4.06. The molecule has 0 saturated carbocycles. The molecule has 0 bridgehead atoms. The lowest BCUT2D eigenvalue weighted by Gasteiger charge is -2.37. The van der Waals surface area contributed by atoms with E-state index >= 15 is 0 Å². The molecule has 174 valence electrons. The minimum Gasteiger partial charge on any atom is -0.464 e. The number of aryl methyl sites for hydroxylation is 2. The fraction of sp³-hybridized carbons (Fsp3) is 0.296. The number of piperazine rings is 1. The Morgan fingerprint density at radius 2 is 1.62 bits per heavy atom. The largest absolute Gasteiger partial charge is 0.464 e. The third-order valence-electron chi connectivity index (χ3n) is 6.39. The molecule has 7 heteroatoms. The van der Waals surface area contributed by atoms with Gasteiger partial charge in [-0.2, -0.15) is 10.1 Å². The maximum Gasteiger partial charge on any atom is 0.263 e. The van der Waals surface area contributed by atoms with Crippen LogP contribution in [0, 0.1) is 6.92 Å². The zero-order chi connectivity index (χ0) is 23.7. The summed E-state index contributed by atoms with van der Waals surface area (Å²) in [6.45, 7) is 6.74. The first-order valence-corrected chi connectivity index (χ1v) is 11.7. The van der Waals surface area contributed by atoms with Gasteiger partial charge in [-0.15, -0.1) is 0 Å². The number of amides is 1. The van der Waals surface area contributed by atoms with Gasteiger partial charge >= 0.3 is 0 Å². The first-order valence-electron chi connectivity index (χ1n) is 11.7. The van der Waals surface area contributed by atoms with Gasteiger partial charge in [-0.1, -0.05) is 48.5 Å². The normalized spacial score (nSPS) is 14.9. The Morgan fingerprint density at radius 3 is 2.29 bits per heavy atom. The molecular formula is C27H29N5O2. The second-order valence-corrected chi connectivity index (χ2v) is 8.69. The molecule has 1 amide bonds. The molecule has 2 aromatic heterocycles. The van der Waals surface area contributed by atoms with E-state index in [0.717, 1.165) is 40.9 Å².